The summed E-state index contributed by atoms with van der Waals surface area (Å²) in [7, 11) is -3.29. The van der Waals surface area contributed by atoms with Crippen LogP contribution in [0.15, 0.2) is 0 Å². The summed E-state index contributed by atoms with van der Waals surface area (Å²) in [4.78, 5) is 2.19. The maximum absolute atomic E-state index is 12.0. The molecule has 104 valence electrons. The van der Waals surface area contributed by atoms with Crippen molar-refractivity contribution < 1.29 is 8.42 Å². The second kappa shape index (κ2) is 8.02. The molecule has 2 atom stereocenters. The van der Waals surface area contributed by atoms with Crippen molar-refractivity contribution in [3.63, 3.8) is 0 Å². The molecular weight excluding hydrogens is 238 g/mol. The molecule has 0 aliphatic heterocycles. The van der Waals surface area contributed by atoms with Gasteiger partial charge in [0.25, 0.3) is 0 Å². The summed E-state index contributed by atoms with van der Waals surface area (Å²) < 4.78 is 26.6. The topological polar surface area (TPSA) is 75.4 Å². The van der Waals surface area contributed by atoms with Gasteiger partial charge in [-0.25, -0.2) is 13.1 Å². The predicted molar refractivity (Wildman–Crippen MR) is 72.4 cm³/mol. The normalized spacial score (nSPS) is 16.1. The van der Waals surface area contributed by atoms with Gasteiger partial charge in [-0.2, -0.15) is 0 Å². The molecule has 3 N–H and O–H groups in total. The van der Waals surface area contributed by atoms with Gasteiger partial charge in [-0.05, 0) is 26.4 Å². The molecule has 0 spiro atoms. The summed E-state index contributed by atoms with van der Waals surface area (Å²) in [5.41, 5.74) is 5.47. The minimum Gasteiger partial charge on any atom is -0.329 e. The van der Waals surface area contributed by atoms with Gasteiger partial charge in [0.05, 0.1) is 5.25 Å². The highest BCUT2D eigenvalue weighted by Crippen LogP contribution is 2.04. The molecule has 0 rings (SSSR count). The molecule has 0 heterocycles. The maximum atomic E-state index is 12.0. The number of hydrogen-bond donors (Lipinski definition) is 2. The Balaban J connectivity index is 4.41. The SMILES string of the molecule is CCC(CN)S(=O)(=O)NC(C)CN(CC)CC. The molecule has 0 fully saturated rings. The number of nitrogens with one attached hydrogen (secondary N) is 1. The van der Waals surface area contributed by atoms with Crippen LogP contribution in [0.2, 0.25) is 0 Å². The van der Waals surface area contributed by atoms with E-state index in [4.69, 9.17) is 5.73 Å². The summed E-state index contributed by atoms with van der Waals surface area (Å²) in [6.45, 7) is 10.6. The van der Waals surface area contributed by atoms with Crippen LogP contribution in [-0.4, -0.2) is 50.8 Å². The lowest BCUT2D eigenvalue weighted by Gasteiger charge is -2.25. The van der Waals surface area contributed by atoms with Crippen molar-refractivity contribution in [1.82, 2.24) is 9.62 Å². The minimum absolute atomic E-state index is 0.0829. The summed E-state index contributed by atoms with van der Waals surface area (Å²) in [6, 6.07) is -0.0829. The average Bonchev–Trinajstić information content (AvgIpc) is 2.26. The van der Waals surface area contributed by atoms with E-state index in [2.05, 4.69) is 23.5 Å². The lowest BCUT2D eigenvalue weighted by atomic mass is 10.3. The number of nitrogens with two attached hydrogens (primary N) is 1. The van der Waals surface area contributed by atoms with E-state index in [-0.39, 0.29) is 12.6 Å². The molecule has 0 radical (unpaired) electrons. The Morgan fingerprint density at radius 2 is 1.76 bits per heavy atom. The van der Waals surface area contributed by atoms with E-state index in [9.17, 15) is 8.42 Å². The molecule has 0 bridgehead atoms. The Hall–Kier alpha value is -0.170. The highest BCUT2D eigenvalue weighted by Gasteiger charge is 2.24. The first-order valence-electron chi connectivity index (χ1n) is 6.34. The summed E-state index contributed by atoms with van der Waals surface area (Å²) in [5, 5.41) is -0.485. The van der Waals surface area contributed by atoms with Gasteiger partial charge < -0.3 is 10.6 Å². The van der Waals surface area contributed by atoms with E-state index >= 15 is 0 Å². The summed E-state index contributed by atoms with van der Waals surface area (Å²) in [6.07, 6.45) is 0.545. The second-order valence-corrected chi connectivity index (χ2v) is 6.31. The van der Waals surface area contributed by atoms with Gasteiger partial charge in [-0.15, -0.1) is 0 Å². The molecule has 0 aromatic carbocycles. The largest absolute Gasteiger partial charge is 0.329 e. The maximum Gasteiger partial charge on any atom is 0.216 e. The zero-order chi connectivity index (χ0) is 13.5. The minimum atomic E-state index is -3.29. The monoisotopic (exact) mass is 265 g/mol. The molecule has 0 saturated carbocycles. The highest BCUT2D eigenvalue weighted by molar-refractivity contribution is 7.90. The standard InChI is InChI=1S/C11H27N3O2S/c1-5-11(8-12)17(15,16)13-10(4)9-14(6-2)7-3/h10-11,13H,5-9,12H2,1-4H3. The first-order valence-corrected chi connectivity index (χ1v) is 7.89. The fourth-order valence-electron chi connectivity index (χ4n) is 1.80. The second-order valence-electron chi connectivity index (χ2n) is 4.32. The van der Waals surface area contributed by atoms with Crippen molar-refractivity contribution in [3.8, 4) is 0 Å². The van der Waals surface area contributed by atoms with Gasteiger partial charge in [0.15, 0.2) is 0 Å². The molecule has 6 heteroatoms. The number of rotatable bonds is 9. The molecule has 0 amide bonds. The van der Waals surface area contributed by atoms with Crippen LogP contribution in [0.25, 0.3) is 0 Å². The van der Waals surface area contributed by atoms with Gasteiger partial charge in [-0.1, -0.05) is 20.8 Å². The average molecular weight is 265 g/mol. The van der Waals surface area contributed by atoms with Crippen LogP contribution in [0.3, 0.4) is 0 Å². The fourth-order valence-corrected chi connectivity index (χ4v) is 3.32. The molecule has 0 aromatic heterocycles. The lowest BCUT2D eigenvalue weighted by molar-refractivity contribution is 0.282. The Labute approximate surface area is 106 Å². The van der Waals surface area contributed by atoms with E-state index in [1.54, 1.807) is 0 Å². The van der Waals surface area contributed by atoms with Gasteiger partial charge in [0, 0.05) is 19.1 Å². The van der Waals surface area contributed by atoms with E-state index < -0.39 is 15.3 Å². The van der Waals surface area contributed by atoms with Gasteiger partial charge >= 0.3 is 0 Å². The smallest absolute Gasteiger partial charge is 0.216 e. The van der Waals surface area contributed by atoms with Crippen molar-refractivity contribution in [2.24, 2.45) is 5.73 Å². The Bertz CT molecular complexity index is 285. The van der Waals surface area contributed by atoms with Crippen LogP contribution in [0.4, 0.5) is 0 Å². The van der Waals surface area contributed by atoms with Crippen molar-refractivity contribution >= 4 is 10.0 Å². The third kappa shape index (κ3) is 5.81. The number of sulfonamides is 1. The van der Waals surface area contributed by atoms with Gasteiger partial charge in [-0.3, -0.25) is 0 Å². The first kappa shape index (κ1) is 16.8. The van der Waals surface area contributed by atoms with E-state index in [1.807, 2.05) is 13.8 Å². The Kier molecular flexibility index (Phi) is 7.94. The van der Waals surface area contributed by atoms with Crippen LogP contribution in [0.1, 0.15) is 34.1 Å². The predicted octanol–water partition coefficient (Wildman–Crippen LogP) is 0.373. The molecule has 0 saturated heterocycles. The van der Waals surface area contributed by atoms with E-state index in [0.717, 1.165) is 19.6 Å². The van der Waals surface area contributed by atoms with Crippen molar-refractivity contribution in [1.29, 1.82) is 0 Å². The van der Waals surface area contributed by atoms with Crippen molar-refractivity contribution in [2.45, 2.75) is 45.4 Å². The molecule has 0 aliphatic rings. The third-order valence-corrected chi connectivity index (χ3v) is 5.08. The Morgan fingerprint density at radius 1 is 1.24 bits per heavy atom. The highest BCUT2D eigenvalue weighted by atomic mass is 32.2. The molecule has 2 unspecified atom stereocenters. The summed E-state index contributed by atoms with van der Waals surface area (Å²) >= 11 is 0. The molecule has 5 nitrogen and oxygen atoms in total. The van der Waals surface area contributed by atoms with Gasteiger partial charge in [0.2, 0.25) is 10.0 Å². The Morgan fingerprint density at radius 3 is 2.12 bits per heavy atom. The van der Waals surface area contributed by atoms with Crippen molar-refractivity contribution in [2.75, 3.05) is 26.2 Å². The quantitative estimate of drug-likeness (QED) is 0.632. The fraction of sp³-hybridized carbons (Fsp3) is 1.00. The molecule has 0 aliphatic carbocycles. The number of likely N-dealkylation sites (N-methyl/N-ethyl adjacent to an activating group) is 1. The van der Waals surface area contributed by atoms with Crippen LogP contribution in [0.5, 0.6) is 0 Å². The number of hydrogen-bond acceptors (Lipinski definition) is 4. The molecule has 0 aromatic rings. The van der Waals surface area contributed by atoms with Crippen LogP contribution >= 0.6 is 0 Å². The van der Waals surface area contributed by atoms with E-state index in [0.29, 0.717) is 6.42 Å². The molecular formula is C11H27N3O2S. The molecule has 17 heavy (non-hydrogen) atoms. The van der Waals surface area contributed by atoms with Gasteiger partial charge in [0.1, 0.15) is 0 Å². The van der Waals surface area contributed by atoms with Crippen LogP contribution < -0.4 is 10.5 Å². The lowest BCUT2D eigenvalue weighted by Crippen LogP contribution is -2.46. The van der Waals surface area contributed by atoms with Crippen LogP contribution in [0, 0.1) is 0 Å². The van der Waals surface area contributed by atoms with Crippen LogP contribution in [-0.2, 0) is 10.0 Å². The third-order valence-electron chi connectivity index (χ3n) is 2.95. The zero-order valence-electron chi connectivity index (χ0n) is 11.4. The zero-order valence-corrected chi connectivity index (χ0v) is 12.3. The van der Waals surface area contributed by atoms with Crippen molar-refractivity contribution in [3.05, 3.63) is 0 Å². The number of nitrogens with zero attached hydrogens (tertiary/aromatic N) is 1. The van der Waals surface area contributed by atoms with E-state index in [1.165, 1.54) is 0 Å². The first-order chi connectivity index (χ1) is 7.91. The summed E-state index contributed by atoms with van der Waals surface area (Å²) in [5.74, 6) is 0.